The van der Waals surface area contributed by atoms with Crippen LogP contribution in [0.15, 0.2) is 24.3 Å². The summed E-state index contributed by atoms with van der Waals surface area (Å²) < 4.78 is 27.5. The molecule has 0 aromatic heterocycles. The van der Waals surface area contributed by atoms with Crippen LogP contribution in [0.2, 0.25) is 0 Å². The minimum absolute atomic E-state index is 0.0644. The van der Waals surface area contributed by atoms with Gasteiger partial charge in [-0.2, -0.15) is 0 Å². The highest BCUT2D eigenvalue weighted by Crippen LogP contribution is 2.45. The molecule has 0 fully saturated rings. The van der Waals surface area contributed by atoms with Crippen LogP contribution in [-0.4, -0.2) is 36.7 Å². The Bertz CT molecular complexity index is 595. The van der Waals surface area contributed by atoms with Gasteiger partial charge in [0.15, 0.2) is 0 Å². The lowest BCUT2D eigenvalue weighted by Gasteiger charge is -2.20. The number of carbonyl (C=O) groups is 1. The molecule has 7 nitrogen and oxygen atoms in total. The van der Waals surface area contributed by atoms with E-state index in [1.807, 2.05) is 6.08 Å². The number of rotatable bonds is 5. The van der Waals surface area contributed by atoms with E-state index in [0.29, 0.717) is 19.4 Å². The van der Waals surface area contributed by atoms with Gasteiger partial charge in [0.1, 0.15) is 0 Å². The zero-order valence-corrected chi connectivity index (χ0v) is 21.2. The highest BCUT2D eigenvalue weighted by molar-refractivity contribution is 7.47. The largest absolute Gasteiger partial charge is 0.472 e. The molecule has 0 radical (unpaired) electrons. The van der Waals surface area contributed by atoms with Crippen LogP contribution < -0.4 is 5.73 Å². The van der Waals surface area contributed by atoms with Crippen molar-refractivity contribution in [3.63, 3.8) is 0 Å². The molecule has 0 aromatic rings. The maximum Gasteiger partial charge on any atom is 0.472 e. The van der Waals surface area contributed by atoms with Gasteiger partial charge >= 0.3 is 13.8 Å². The van der Waals surface area contributed by atoms with E-state index in [9.17, 15) is 14.3 Å². The molecule has 1 rings (SSSR count). The second kappa shape index (κ2) is 20.4. The van der Waals surface area contributed by atoms with Crippen LogP contribution >= 0.6 is 7.82 Å². The third kappa shape index (κ3) is 19.1. The monoisotopic (exact) mass is 487 g/mol. The van der Waals surface area contributed by atoms with Crippen molar-refractivity contribution < 1.29 is 28.0 Å². The molecular weight excluding hydrogens is 441 g/mol. The number of phosphoric ester groups is 1. The quantitative estimate of drug-likeness (QED) is 0.264. The fourth-order valence-corrected chi connectivity index (χ4v) is 4.73. The molecule has 1 aliphatic rings. The second-order valence-electron chi connectivity index (χ2n) is 8.66. The predicted molar refractivity (Wildman–Crippen MR) is 133 cm³/mol. The topological polar surface area (TPSA) is 108 Å². The summed E-state index contributed by atoms with van der Waals surface area (Å²) in [5.41, 5.74) is 5.33. The van der Waals surface area contributed by atoms with Crippen molar-refractivity contribution in [2.24, 2.45) is 5.73 Å². The van der Waals surface area contributed by atoms with E-state index in [1.165, 1.54) is 51.4 Å². The molecule has 192 valence electrons. The fourth-order valence-electron chi connectivity index (χ4n) is 3.78. The Morgan fingerprint density at radius 1 is 0.879 bits per heavy atom. The molecule has 0 aliphatic carbocycles. The highest BCUT2D eigenvalue weighted by atomic mass is 31.2. The Kier molecular flexibility index (Phi) is 18.6. The molecule has 3 N–H and O–H groups in total. The summed E-state index contributed by atoms with van der Waals surface area (Å²) in [5, 5.41) is 0. The van der Waals surface area contributed by atoms with Crippen molar-refractivity contribution in [3.05, 3.63) is 24.3 Å². The molecule has 0 amide bonds. The van der Waals surface area contributed by atoms with Crippen LogP contribution in [0.4, 0.5) is 0 Å². The van der Waals surface area contributed by atoms with Gasteiger partial charge in [-0.25, -0.2) is 4.57 Å². The van der Waals surface area contributed by atoms with Crippen LogP contribution in [0.5, 0.6) is 0 Å². The summed E-state index contributed by atoms with van der Waals surface area (Å²) in [6.07, 6.45) is 24.1. The van der Waals surface area contributed by atoms with Gasteiger partial charge < -0.3 is 15.4 Å². The van der Waals surface area contributed by atoms with E-state index < -0.39 is 19.9 Å². The van der Waals surface area contributed by atoms with Crippen molar-refractivity contribution in [3.8, 4) is 0 Å². The normalized spacial score (nSPS) is 25.8. The number of carbonyl (C=O) groups excluding carboxylic acids is 1. The minimum Gasteiger partial charge on any atom is -0.465 e. The third-order valence-electron chi connectivity index (χ3n) is 5.58. The molecule has 1 heterocycles. The first-order valence-electron chi connectivity index (χ1n) is 12.8. The molecule has 0 bridgehead atoms. The average Bonchev–Trinajstić information content (AvgIpc) is 2.77. The van der Waals surface area contributed by atoms with E-state index in [2.05, 4.69) is 18.2 Å². The molecule has 1 unspecified atom stereocenters. The zero-order chi connectivity index (χ0) is 24.0. The number of phosphoric acid groups is 1. The van der Waals surface area contributed by atoms with Gasteiger partial charge in [-0.05, 0) is 38.5 Å². The Balaban J connectivity index is 2.53. The third-order valence-corrected chi connectivity index (χ3v) is 6.65. The molecule has 33 heavy (non-hydrogen) atoms. The first kappa shape index (κ1) is 30.1. The summed E-state index contributed by atoms with van der Waals surface area (Å²) in [6, 6.07) is 0. The molecule has 0 saturated heterocycles. The second-order valence-corrected chi connectivity index (χ2v) is 10.1. The highest BCUT2D eigenvalue weighted by Gasteiger charge is 2.28. The van der Waals surface area contributed by atoms with Gasteiger partial charge in [0.05, 0.1) is 25.7 Å². The maximum atomic E-state index is 12.2. The fraction of sp³-hybridized carbons (Fsp3) is 0.800. The van der Waals surface area contributed by atoms with Crippen LogP contribution in [-0.2, 0) is 23.1 Å². The summed E-state index contributed by atoms with van der Waals surface area (Å²) in [4.78, 5) is 22.1. The van der Waals surface area contributed by atoms with E-state index >= 15 is 0 Å². The summed E-state index contributed by atoms with van der Waals surface area (Å²) in [6.45, 7) is 0.329. The smallest absolute Gasteiger partial charge is 0.465 e. The van der Waals surface area contributed by atoms with Gasteiger partial charge in [0.25, 0.3) is 0 Å². The molecule has 0 aromatic carbocycles. The first-order valence-corrected chi connectivity index (χ1v) is 14.3. The lowest BCUT2D eigenvalue weighted by atomic mass is 10.0. The van der Waals surface area contributed by atoms with Crippen molar-refractivity contribution in [2.45, 2.75) is 109 Å². The summed E-state index contributed by atoms with van der Waals surface area (Å²) in [7, 11) is -4.25. The molecule has 0 saturated carbocycles. The molecular formula is C25H46NO6P. The van der Waals surface area contributed by atoms with E-state index in [4.69, 9.17) is 19.5 Å². The number of allylic oxidation sites excluding steroid dienone is 3. The standard InChI is InChI=1S/C25H46NO6P/c26-20-22-31-33(28,29)32-24-19-17-15-13-11-9-7-5-3-1-2-4-6-8-10-12-14-16-18-21-30-25(27)23-24/h6,8,14,16,24H,1-5,7,9-13,15,17-23,26H2,(H,28,29)/b8-6+,16-14+/t24-/m1/s1. The van der Waals surface area contributed by atoms with Crippen molar-refractivity contribution in [2.75, 3.05) is 19.8 Å². The van der Waals surface area contributed by atoms with Crippen LogP contribution in [0.1, 0.15) is 103 Å². The summed E-state index contributed by atoms with van der Waals surface area (Å²) >= 11 is 0. The Morgan fingerprint density at radius 2 is 1.42 bits per heavy atom. The predicted octanol–water partition coefficient (Wildman–Crippen LogP) is 6.36. The van der Waals surface area contributed by atoms with Crippen molar-refractivity contribution in [1.29, 1.82) is 0 Å². The van der Waals surface area contributed by atoms with E-state index in [1.54, 1.807) is 0 Å². The number of cyclic esters (lactones) is 1. The van der Waals surface area contributed by atoms with Gasteiger partial charge in [-0.1, -0.05) is 82.1 Å². The SMILES string of the molecule is NCCOP(=O)(O)O[C@@H]1CCCCCCCCCCCC/C=C/CC/C=C/CCOC(=O)C1. The number of ether oxygens (including phenoxy) is 1. The van der Waals surface area contributed by atoms with E-state index in [-0.39, 0.29) is 19.6 Å². The van der Waals surface area contributed by atoms with Crippen molar-refractivity contribution >= 4 is 13.8 Å². The Labute approximate surface area is 200 Å². The Morgan fingerprint density at radius 3 is 2.06 bits per heavy atom. The molecule has 1 aliphatic heterocycles. The first-order chi connectivity index (χ1) is 16.0. The zero-order valence-electron chi connectivity index (χ0n) is 20.3. The number of hydrogen-bond acceptors (Lipinski definition) is 6. The molecule has 2 atom stereocenters. The maximum absolute atomic E-state index is 12.2. The lowest BCUT2D eigenvalue weighted by Crippen LogP contribution is -2.20. The number of hydrogen-bond donors (Lipinski definition) is 2. The van der Waals surface area contributed by atoms with Crippen molar-refractivity contribution in [1.82, 2.24) is 0 Å². The summed E-state index contributed by atoms with van der Waals surface area (Å²) in [5.74, 6) is -0.426. The van der Waals surface area contributed by atoms with Crippen LogP contribution in [0.3, 0.4) is 0 Å². The lowest BCUT2D eigenvalue weighted by molar-refractivity contribution is -0.145. The average molecular weight is 488 g/mol. The minimum atomic E-state index is -4.25. The molecule has 0 spiro atoms. The van der Waals surface area contributed by atoms with Gasteiger partial charge in [-0.3, -0.25) is 13.8 Å². The Hall–Kier alpha value is -0.980. The number of esters is 1. The van der Waals surface area contributed by atoms with E-state index in [0.717, 1.165) is 32.1 Å². The number of nitrogens with two attached hydrogens (primary N) is 1. The van der Waals surface area contributed by atoms with Gasteiger partial charge in [0, 0.05) is 6.54 Å². The van der Waals surface area contributed by atoms with Crippen LogP contribution in [0, 0.1) is 0 Å². The molecule has 8 heteroatoms. The van der Waals surface area contributed by atoms with Gasteiger partial charge in [0.2, 0.25) is 0 Å². The van der Waals surface area contributed by atoms with Gasteiger partial charge in [-0.15, -0.1) is 0 Å². The van der Waals surface area contributed by atoms with Crippen LogP contribution in [0.25, 0.3) is 0 Å².